The highest BCUT2D eigenvalue weighted by atomic mass is 35.5. The van der Waals surface area contributed by atoms with Gasteiger partial charge in [-0.25, -0.2) is 0 Å². The minimum absolute atomic E-state index is 0.0121. The Kier molecular flexibility index (Phi) is 7.77. The zero-order valence-electron chi connectivity index (χ0n) is 16.8. The predicted octanol–water partition coefficient (Wildman–Crippen LogP) is 4.94. The second-order valence-electron chi connectivity index (χ2n) is 6.60. The van der Waals surface area contributed by atoms with Crippen molar-refractivity contribution in [3.8, 4) is 5.75 Å². The third kappa shape index (κ3) is 6.29. The molecule has 1 N–H and O–H groups in total. The number of anilines is 1. The number of rotatable bonds is 9. The number of carbonyl (C=O) groups is 2. The lowest BCUT2D eigenvalue weighted by Crippen LogP contribution is -2.26. The number of halogens is 1. The van der Waals surface area contributed by atoms with E-state index < -0.39 is 22.9 Å². The highest BCUT2D eigenvalue weighted by molar-refractivity contribution is 6.34. The van der Waals surface area contributed by atoms with Crippen molar-refractivity contribution in [2.75, 3.05) is 11.9 Å². The Bertz CT molecular complexity index is 1090. The third-order valence-corrected chi connectivity index (χ3v) is 4.64. The fraction of sp³-hybridized carbons (Fsp3) is 0.130. The summed E-state index contributed by atoms with van der Waals surface area (Å²) in [4.78, 5) is 35.6. The molecule has 0 aliphatic rings. The van der Waals surface area contributed by atoms with Crippen LogP contribution in [0.1, 0.15) is 18.1 Å². The van der Waals surface area contributed by atoms with E-state index in [-0.39, 0.29) is 29.4 Å². The fourth-order valence-electron chi connectivity index (χ4n) is 2.78. The molecule has 1 amide bonds. The summed E-state index contributed by atoms with van der Waals surface area (Å²) in [5.74, 6) is -0.658. The van der Waals surface area contributed by atoms with E-state index in [0.29, 0.717) is 11.3 Å². The number of amides is 1. The van der Waals surface area contributed by atoms with Crippen LogP contribution in [0.4, 0.5) is 11.4 Å². The first-order valence-electron chi connectivity index (χ1n) is 9.61. The van der Waals surface area contributed by atoms with Gasteiger partial charge in [0.1, 0.15) is 5.75 Å². The molecule has 3 rings (SSSR count). The molecule has 164 valence electrons. The molecule has 3 aromatic carbocycles. The zero-order chi connectivity index (χ0) is 22.9. The molecule has 0 saturated carbocycles. The van der Waals surface area contributed by atoms with E-state index in [1.807, 2.05) is 18.2 Å². The standard InChI is InChI=1S/C23H19ClN2O6/c24-19-15-17(26(29)30)11-12-20(19)25-23(28)22(16-7-3-1-4-8-16)32-21(27)13-14-31-18-9-5-2-6-10-18/h1-12,15,22H,13-14H2,(H,25,28). The van der Waals surface area contributed by atoms with Crippen LogP contribution in [0.25, 0.3) is 0 Å². The molecule has 0 spiro atoms. The van der Waals surface area contributed by atoms with Gasteiger partial charge in [-0.3, -0.25) is 19.7 Å². The van der Waals surface area contributed by atoms with Gasteiger partial charge in [0.2, 0.25) is 6.10 Å². The number of hydrogen-bond donors (Lipinski definition) is 1. The Morgan fingerprint density at radius 2 is 1.66 bits per heavy atom. The summed E-state index contributed by atoms with van der Waals surface area (Å²) in [7, 11) is 0. The minimum atomic E-state index is -1.24. The Hall–Kier alpha value is -3.91. The summed E-state index contributed by atoms with van der Waals surface area (Å²) in [6, 6.07) is 21.1. The first-order chi connectivity index (χ1) is 15.4. The van der Waals surface area contributed by atoms with Gasteiger partial charge < -0.3 is 14.8 Å². The predicted molar refractivity (Wildman–Crippen MR) is 119 cm³/mol. The SMILES string of the molecule is O=C(CCOc1ccccc1)OC(C(=O)Nc1ccc([N+](=O)[O-])cc1Cl)c1ccccc1. The topological polar surface area (TPSA) is 108 Å². The molecule has 0 aromatic heterocycles. The van der Waals surface area contributed by atoms with Crippen molar-refractivity contribution in [1.82, 2.24) is 0 Å². The molecule has 0 aliphatic heterocycles. The summed E-state index contributed by atoms with van der Waals surface area (Å²) < 4.78 is 10.9. The number of hydrogen-bond acceptors (Lipinski definition) is 6. The van der Waals surface area contributed by atoms with Crippen molar-refractivity contribution < 1.29 is 24.0 Å². The Labute approximate surface area is 188 Å². The first-order valence-corrected chi connectivity index (χ1v) is 9.99. The van der Waals surface area contributed by atoms with Crippen LogP contribution >= 0.6 is 11.6 Å². The van der Waals surface area contributed by atoms with Crippen LogP contribution in [0.15, 0.2) is 78.9 Å². The number of ether oxygens (including phenoxy) is 2. The number of nitro benzene ring substituents is 1. The van der Waals surface area contributed by atoms with Gasteiger partial charge in [0.05, 0.1) is 28.7 Å². The molecule has 0 bridgehead atoms. The average molecular weight is 455 g/mol. The highest BCUT2D eigenvalue weighted by Crippen LogP contribution is 2.28. The van der Waals surface area contributed by atoms with Gasteiger partial charge in [0, 0.05) is 17.7 Å². The largest absolute Gasteiger partial charge is 0.493 e. The van der Waals surface area contributed by atoms with Crippen molar-refractivity contribution in [1.29, 1.82) is 0 Å². The van der Waals surface area contributed by atoms with Crippen LogP contribution in [0.2, 0.25) is 5.02 Å². The molecule has 1 unspecified atom stereocenters. The number of nitrogens with one attached hydrogen (secondary N) is 1. The van der Waals surface area contributed by atoms with Crippen molar-refractivity contribution in [3.63, 3.8) is 0 Å². The van der Waals surface area contributed by atoms with Crippen molar-refractivity contribution in [2.45, 2.75) is 12.5 Å². The minimum Gasteiger partial charge on any atom is -0.493 e. The number of esters is 1. The number of para-hydroxylation sites is 1. The van der Waals surface area contributed by atoms with Gasteiger partial charge in [-0.2, -0.15) is 0 Å². The first kappa shape index (κ1) is 22.8. The Morgan fingerprint density at radius 3 is 2.28 bits per heavy atom. The smallest absolute Gasteiger partial charge is 0.310 e. The molecule has 0 radical (unpaired) electrons. The number of carbonyl (C=O) groups excluding carboxylic acids is 2. The average Bonchev–Trinajstić information content (AvgIpc) is 2.80. The van der Waals surface area contributed by atoms with Gasteiger partial charge in [0.15, 0.2) is 0 Å². The zero-order valence-corrected chi connectivity index (χ0v) is 17.5. The molecule has 0 saturated heterocycles. The molecule has 0 aliphatic carbocycles. The van der Waals surface area contributed by atoms with E-state index in [2.05, 4.69) is 5.32 Å². The summed E-state index contributed by atoms with van der Waals surface area (Å²) in [5, 5.41) is 13.4. The summed E-state index contributed by atoms with van der Waals surface area (Å²) in [5.41, 5.74) is 0.407. The molecular weight excluding hydrogens is 436 g/mol. The fourth-order valence-corrected chi connectivity index (χ4v) is 3.00. The van der Waals surface area contributed by atoms with Crippen LogP contribution in [-0.4, -0.2) is 23.4 Å². The van der Waals surface area contributed by atoms with Crippen LogP contribution < -0.4 is 10.1 Å². The van der Waals surface area contributed by atoms with E-state index in [1.165, 1.54) is 12.1 Å². The maximum Gasteiger partial charge on any atom is 0.310 e. The van der Waals surface area contributed by atoms with Crippen LogP contribution in [0, 0.1) is 10.1 Å². The number of nitro groups is 1. The Balaban J connectivity index is 1.68. The summed E-state index contributed by atoms with van der Waals surface area (Å²) in [6.07, 6.45) is -1.31. The van der Waals surface area contributed by atoms with Gasteiger partial charge in [-0.05, 0) is 18.2 Å². The molecule has 0 heterocycles. The summed E-state index contributed by atoms with van der Waals surface area (Å²) >= 11 is 6.06. The van der Waals surface area contributed by atoms with E-state index in [0.717, 1.165) is 6.07 Å². The van der Waals surface area contributed by atoms with E-state index >= 15 is 0 Å². The lowest BCUT2D eigenvalue weighted by atomic mass is 10.1. The van der Waals surface area contributed by atoms with Gasteiger partial charge in [-0.1, -0.05) is 60.1 Å². The van der Waals surface area contributed by atoms with Gasteiger partial charge >= 0.3 is 5.97 Å². The molecule has 32 heavy (non-hydrogen) atoms. The molecule has 8 nitrogen and oxygen atoms in total. The quantitative estimate of drug-likeness (QED) is 0.279. The molecular formula is C23H19ClN2O6. The molecule has 0 fully saturated rings. The van der Waals surface area contributed by atoms with E-state index in [4.69, 9.17) is 21.1 Å². The third-order valence-electron chi connectivity index (χ3n) is 4.33. The normalized spacial score (nSPS) is 11.3. The maximum atomic E-state index is 12.9. The van der Waals surface area contributed by atoms with E-state index in [1.54, 1.807) is 42.5 Å². The van der Waals surface area contributed by atoms with Crippen molar-refractivity contribution in [2.24, 2.45) is 0 Å². The van der Waals surface area contributed by atoms with E-state index in [9.17, 15) is 19.7 Å². The second-order valence-corrected chi connectivity index (χ2v) is 7.01. The monoisotopic (exact) mass is 454 g/mol. The second kappa shape index (κ2) is 10.9. The summed E-state index contributed by atoms with van der Waals surface area (Å²) in [6.45, 7) is 0.0835. The lowest BCUT2D eigenvalue weighted by molar-refractivity contribution is -0.384. The number of nitrogens with zero attached hydrogens (tertiary/aromatic N) is 1. The lowest BCUT2D eigenvalue weighted by Gasteiger charge is -2.18. The highest BCUT2D eigenvalue weighted by Gasteiger charge is 2.26. The van der Waals surface area contributed by atoms with Gasteiger partial charge in [-0.15, -0.1) is 0 Å². The van der Waals surface area contributed by atoms with Crippen LogP contribution in [0.5, 0.6) is 5.75 Å². The molecule has 3 aromatic rings. The van der Waals surface area contributed by atoms with Crippen LogP contribution in [0.3, 0.4) is 0 Å². The maximum absolute atomic E-state index is 12.9. The van der Waals surface area contributed by atoms with Gasteiger partial charge in [0.25, 0.3) is 11.6 Å². The molecule has 9 heteroatoms. The van der Waals surface area contributed by atoms with Crippen LogP contribution in [-0.2, 0) is 14.3 Å². The Morgan fingerprint density at radius 1 is 1.00 bits per heavy atom. The number of non-ortho nitro benzene ring substituents is 1. The molecule has 1 atom stereocenters. The van der Waals surface area contributed by atoms with Crippen molar-refractivity contribution >= 4 is 34.9 Å². The van der Waals surface area contributed by atoms with Crippen molar-refractivity contribution in [3.05, 3.63) is 99.6 Å². The number of benzene rings is 3.